The molecule has 2 rings (SSSR count). The second-order valence-electron chi connectivity index (χ2n) is 3.92. The lowest BCUT2D eigenvalue weighted by Gasteiger charge is -2.03. The van der Waals surface area contributed by atoms with E-state index in [1.165, 1.54) is 12.3 Å². The molecule has 0 fully saturated rings. The predicted octanol–water partition coefficient (Wildman–Crippen LogP) is 1.29. The van der Waals surface area contributed by atoms with Crippen LogP contribution in [0.2, 0.25) is 0 Å². The summed E-state index contributed by atoms with van der Waals surface area (Å²) >= 11 is 0. The van der Waals surface area contributed by atoms with Gasteiger partial charge < -0.3 is 5.32 Å². The topological polar surface area (TPSA) is 42.7 Å². The molecule has 4 nitrogen and oxygen atoms in total. The molecule has 0 unspecified atom stereocenters. The second-order valence-corrected chi connectivity index (χ2v) is 3.92. The molecule has 90 valence electrons. The van der Waals surface area contributed by atoms with Crippen molar-refractivity contribution in [3.8, 4) is 0 Å². The minimum absolute atomic E-state index is 0.297. The highest BCUT2D eigenvalue weighted by Gasteiger charge is 1.98. The number of hydrogen-bond acceptors (Lipinski definition) is 3. The Balaban J connectivity index is 1.73. The van der Waals surface area contributed by atoms with Crippen LogP contribution in [0.3, 0.4) is 0 Å². The van der Waals surface area contributed by atoms with Crippen LogP contribution in [0.1, 0.15) is 11.3 Å². The molecule has 0 bridgehead atoms. The van der Waals surface area contributed by atoms with Crippen LogP contribution in [0.4, 0.5) is 4.39 Å². The number of nitrogens with zero attached hydrogens (tertiary/aromatic N) is 3. The highest BCUT2D eigenvalue weighted by Crippen LogP contribution is 2.00. The van der Waals surface area contributed by atoms with Crippen molar-refractivity contribution in [2.75, 3.05) is 6.54 Å². The molecule has 2 aromatic heterocycles. The number of aromatic nitrogens is 3. The van der Waals surface area contributed by atoms with E-state index in [9.17, 15) is 4.39 Å². The molecule has 0 spiro atoms. The average Bonchev–Trinajstić information content (AvgIpc) is 2.71. The molecule has 0 aliphatic heterocycles. The van der Waals surface area contributed by atoms with Gasteiger partial charge in [0, 0.05) is 39.0 Å². The molecule has 5 heteroatoms. The molecule has 0 aliphatic rings. The highest BCUT2D eigenvalue weighted by molar-refractivity contribution is 5.09. The van der Waals surface area contributed by atoms with E-state index < -0.39 is 0 Å². The van der Waals surface area contributed by atoms with Crippen molar-refractivity contribution in [1.29, 1.82) is 0 Å². The number of halogens is 1. The molecule has 1 N–H and O–H groups in total. The van der Waals surface area contributed by atoms with Gasteiger partial charge in [-0.2, -0.15) is 5.10 Å². The molecule has 17 heavy (non-hydrogen) atoms. The molecular formula is C12H15FN4. The Labute approximate surface area is 99.5 Å². The fourth-order valence-corrected chi connectivity index (χ4v) is 1.60. The number of nitrogens with one attached hydrogen (secondary N) is 1. The van der Waals surface area contributed by atoms with Crippen LogP contribution in [0.5, 0.6) is 0 Å². The SMILES string of the molecule is Cn1ccc(CCNCc2cncc(F)c2)n1. The van der Waals surface area contributed by atoms with Crippen molar-refractivity contribution in [3.63, 3.8) is 0 Å². The molecular weight excluding hydrogens is 219 g/mol. The van der Waals surface area contributed by atoms with E-state index in [1.807, 2.05) is 19.3 Å². The minimum atomic E-state index is -0.297. The Morgan fingerprint density at radius 2 is 2.29 bits per heavy atom. The first kappa shape index (κ1) is 11.7. The van der Waals surface area contributed by atoms with Gasteiger partial charge in [0.1, 0.15) is 5.82 Å². The summed E-state index contributed by atoms with van der Waals surface area (Å²) in [4.78, 5) is 3.79. The standard InChI is InChI=1S/C12H15FN4/c1-17-5-3-12(16-17)2-4-14-7-10-6-11(13)9-15-8-10/h3,5-6,8-9,14H,2,4,7H2,1H3. The Bertz CT molecular complexity index is 481. The molecule has 0 amide bonds. The minimum Gasteiger partial charge on any atom is -0.312 e. The third-order valence-electron chi connectivity index (χ3n) is 2.42. The first-order valence-corrected chi connectivity index (χ1v) is 5.53. The quantitative estimate of drug-likeness (QED) is 0.793. The summed E-state index contributed by atoms with van der Waals surface area (Å²) in [5.41, 5.74) is 1.91. The zero-order valence-corrected chi connectivity index (χ0v) is 9.73. The molecule has 0 radical (unpaired) electrons. The van der Waals surface area contributed by atoms with Gasteiger partial charge in [0.05, 0.1) is 11.9 Å². The maximum absolute atomic E-state index is 12.8. The van der Waals surface area contributed by atoms with Crippen LogP contribution in [0.15, 0.2) is 30.7 Å². The Morgan fingerprint density at radius 3 is 3.00 bits per heavy atom. The Kier molecular flexibility index (Phi) is 3.82. The van der Waals surface area contributed by atoms with Crippen molar-refractivity contribution in [1.82, 2.24) is 20.1 Å². The summed E-state index contributed by atoms with van der Waals surface area (Å²) in [7, 11) is 1.90. The number of rotatable bonds is 5. The van der Waals surface area contributed by atoms with Gasteiger partial charge in [0.15, 0.2) is 0 Å². The van der Waals surface area contributed by atoms with Gasteiger partial charge in [-0.05, 0) is 17.7 Å². The molecule has 0 atom stereocenters. The molecule has 2 aromatic rings. The van der Waals surface area contributed by atoms with Gasteiger partial charge in [-0.3, -0.25) is 9.67 Å². The average molecular weight is 234 g/mol. The Morgan fingerprint density at radius 1 is 1.41 bits per heavy atom. The van der Waals surface area contributed by atoms with E-state index in [0.717, 1.165) is 24.2 Å². The van der Waals surface area contributed by atoms with E-state index in [1.54, 1.807) is 10.9 Å². The lowest BCUT2D eigenvalue weighted by atomic mass is 10.2. The number of aryl methyl sites for hydroxylation is 1. The van der Waals surface area contributed by atoms with Crippen molar-refractivity contribution in [2.24, 2.45) is 7.05 Å². The van der Waals surface area contributed by atoms with E-state index in [0.29, 0.717) is 6.54 Å². The third-order valence-corrected chi connectivity index (χ3v) is 2.42. The monoisotopic (exact) mass is 234 g/mol. The first-order chi connectivity index (χ1) is 8.24. The van der Waals surface area contributed by atoms with Crippen molar-refractivity contribution in [3.05, 3.63) is 47.8 Å². The van der Waals surface area contributed by atoms with Crippen LogP contribution in [-0.2, 0) is 20.0 Å². The fourth-order valence-electron chi connectivity index (χ4n) is 1.60. The third kappa shape index (κ3) is 3.64. The predicted molar refractivity (Wildman–Crippen MR) is 62.8 cm³/mol. The summed E-state index contributed by atoms with van der Waals surface area (Å²) in [6.07, 6.45) is 5.66. The van der Waals surface area contributed by atoms with Gasteiger partial charge in [0.2, 0.25) is 0 Å². The summed E-state index contributed by atoms with van der Waals surface area (Å²) in [6, 6.07) is 3.48. The van der Waals surface area contributed by atoms with Crippen LogP contribution in [0.25, 0.3) is 0 Å². The van der Waals surface area contributed by atoms with Crippen LogP contribution in [0, 0.1) is 5.82 Å². The Hall–Kier alpha value is -1.75. The highest BCUT2D eigenvalue weighted by atomic mass is 19.1. The largest absolute Gasteiger partial charge is 0.312 e. The van der Waals surface area contributed by atoms with Gasteiger partial charge >= 0.3 is 0 Å². The van der Waals surface area contributed by atoms with Gasteiger partial charge in [-0.25, -0.2) is 4.39 Å². The molecule has 0 saturated heterocycles. The lowest BCUT2D eigenvalue weighted by molar-refractivity contribution is 0.611. The van der Waals surface area contributed by atoms with Crippen molar-refractivity contribution in [2.45, 2.75) is 13.0 Å². The van der Waals surface area contributed by atoms with Crippen LogP contribution < -0.4 is 5.32 Å². The van der Waals surface area contributed by atoms with Crippen molar-refractivity contribution < 1.29 is 4.39 Å². The molecule has 0 aromatic carbocycles. The lowest BCUT2D eigenvalue weighted by Crippen LogP contribution is -2.17. The van der Waals surface area contributed by atoms with Gasteiger partial charge in [-0.1, -0.05) is 0 Å². The normalized spacial score (nSPS) is 10.7. The fraction of sp³-hybridized carbons (Fsp3) is 0.333. The first-order valence-electron chi connectivity index (χ1n) is 5.53. The van der Waals surface area contributed by atoms with E-state index >= 15 is 0 Å². The van der Waals surface area contributed by atoms with E-state index in [4.69, 9.17) is 0 Å². The van der Waals surface area contributed by atoms with Crippen LogP contribution in [-0.4, -0.2) is 21.3 Å². The summed E-state index contributed by atoms with van der Waals surface area (Å²) in [5.74, 6) is -0.297. The van der Waals surface area contributed by atoms with Crippen LogP contribution >= 0.6 is 0 Å². The molecule has 0 saturated carbocycles. The summed E-state index contributed by atoms with van der Waals surface area (Å²) in [5, 5.41) is 7.50. The van der Waals surface area contributed by atoms with E-state index in [-0.39, 0.29) is 5.82 Å². The summed E-state index contributed by atoms with van der Waals surface area (Å²) in [6.45, 7) is 1.44. The second kappa shape index (κ2) is 5.54. The van der Waals surface area contributed by atoms with Gasteiger partial charge in [-0.15, -0.1) is 0 Å². The molecule has 0 aliphatic carbocycles. The number of pyridine rings is 1. The maximum Gasteiger partial charge on any atom is 0.141 e. The molecule has 2 heterocycles. The van der Waals surface area contributed by atoms with Gasteiger partial charge in [0.25, 0.3) is 0 Å². The maximum atomic E-state index is 12.8. The smallest absolute Gasteiger partial charge is 0.141 e. The van der Waals surface area contributed by atoms with Crippen molar-refractivity contribution >= 4 is 0 Å². The number of hydrogen-bond donors (Lipinski definition) is 1. The summed E-state index contributed by atoms with van der Waals surface area (Å²) < 4.78 is 14.6. The zero-order chi connectivity index (χ0) is 12.1. The van der Waals surface area contributed by atoms with E-state index in [2.05, 4.69) is 15.4 Å². The zero-order valence-electron chi connectivity index (χ0n) is 9.73.